The maximum atomic E-state index is 12.7. The molecule has 3 heterocycles. The number of sulfonamides is 1. The normalized spacial score (nSPS) is 19.9. The van der Waals surface area contributed by atoms with Crippen molar-refractivity contribution >= 4 is 21.1 Å². The lowest BCUT2D eigenvalue weighted by Gasteiger charge is -2.21. The van der Waals surface area contributed by atoms with Crippen LogP contribution >= 0.6 is 0 Å². The van der Waals surface area contributed by atoms with Crippen molar-refractivity contribution in [3.8, 4) is 0 Å². The van der Waals surface area contributed by atoms with Crippen molar-refractivity contribution in [2.75, 3.05) is 6.54 Å². The van der Waals surface area contributed by atoms with Crippen LogP contribution in [-0.2, 0) is 10.0 Å². The van der Waals surface area contributed by atoms with E-state index in [0.29, 0.717) is 12.4 Å². The predicted molar refractivity (Wildman–Crippen MR) is 80.5 cm³/mol. The molecule has 7 nitrogen and oxygen atoms in total. The molecule has 8 heteroatoms. The number of rotatable bonds is 3. The molecule has 0 bridgehead atoms. The standard InChI is InChI=1S/C14H15N5O2S/c20-22(21,10-8-15-16-9-10)19-7-3-6-13(19)14-17-11-4-1-2-5-12(11)18-14/h1-2,4-5,8-9,13H,3,6-7H2,(H,15,16)(H,17,18)/t13-/m0/s1. The molecule has 0 amide bonds. The number of nitrogens with one attached hydrogen (secondary N) is 2. The zero-order chi connectivity index (χ0) is 15.2. The van der Waals surface area contributed by atoms with Crippen LogP contribution in [0, 0.1) is 0 Å². The molecule has 4 rings (SSSR count). The minimum absolute atomic E-state index is 0.190. The second kappa shape index (κ2) is 4.92. The molecule has 0 unspecified atom stereocenters. The van der Waals surface area contributed by atoms with Crippen molar-refractivity contribution < 1.29 is 8.42 Å². The van der Waals surface area contributed by atoms with E-state index in [9.17, 15) is 8.42 Å². The minimum atomic E-state index is -3.55. The van der Waals surface area contributed by atoms with Gasteiger partial charge in [0.1, 0.15) is 10.7 Å². The molecule has 1 aliphatic rings. The molecule has 2 aromatic heterocycles. The van der Waals surface area contributed by atoms with Gasteiger partial charge in [0.2, 0.25) is 10.0 Å². The molecular formula is C14H15N5O2S. The summed E-state index contributed by atoms with van der Waals surface area (Å²) < 4.78 is 26.9. The van der Waals surface area contributed by atoms with E-state index < -0.39 is 10.0 Å². The van der Waals surface area contributed by atoms with Crippen LogP contribution in [0.1, 0.15) is 24.7 Å². The van der Waals surface area contributed by atoms with Crippen molar-refractivity contribution in [3.05, 3.63) is 42.5 Å². The molecule has 22 heavy (non-hydrogen) atoms. The molecule has 0 radical (unpaired) electrons. The Morgan fingerprint density at radius 2 is 2.14 bits per heavy atom. The molecule has 114 valence electrons. The lowest BCUT2D eigenvalue weighted by atomic mass is 10.2. The second-order valence-corrected chi connectivity index (χ2v) is 7.24. The van der Waals surface area contributed by atoms with Crippen LogP contribution in [0.5, 0.6) is 0 Å². The van der Waals surface area contributed by atoms with Crippen LogP contribution in [0.3, 0.4) is 0 Å². The number of H-pyrrole nitrogens is 2. The van der Waals surface area contributed by atoms with Gasteiger partial charge in [-0.3, -0.25) is 5.10 Å². The van der Waals surface area contributed by atoms with Gasteiger partial charge in [0.25, 0.3) is 0 Å². The van der Waals surface area contributed by atoms with Crippen LogP contribution in [0.4, 0.5) is 0 Å². The quantitative estimate of drug-likeness (QED) is 0.770. The van der Waals surface area contributed by atoms with Gasteiger partial charge >= 0.3 is 0 Å². The summed E-state index contributed by atoms with van der Waals surface area (Å²) in [5.41, 5.74) is 1.77. The number of benzene rings is 1. The maximum absolute atomic E-state index is 12.7. The summed E-state index contributed by atoms with van der Waals surface area (Å²) in [6.07, 6.45) is 4.32. The average molecular weight is 317 g/mol. The summed E-state index contributed by atoms with van der Waals surface area (Å²) in [7, 11) is -3.55. The molecule has 1 atom stereocenters. The van der Waals surface area contributed by atoms with Gasteiger partial charge < -0.3 is 4.98 Å². The largest absolute Gasteiger partial charge is 0.341 e. The molecule has 0 aliphatic carbocycles. The molecule has 1 aliphatic heterocycles. The third-order valence-corrected chi connectivity index (χ3v) is 5.88. The fraction of sp³-hybridized carbons (Fsp3) is 0.286. The molecule has 3 aromatic rings. The maximum Gasteiger partial charge on any atom is 0.246 e. The van der Waals surface area contributed by atoms with Gasteiger partial charge in [0.15, 0.2) is 0 Å². The van der Waals surface area contributed by atoms with Crippen molar-refractivity contribution in [2.45, 2.75) is 23.8 Å². The van der Waals surface area contributed by atoms with Crippen LogP contribution in [-0.4, -0.2) is 39.4 Å². The minimum Gasteiger partial charge on any atom is -0.341 e. The summed E-state index contributed by atoms with van der Waals surface area (Å²) in [6.45, 7) is 0.495. The van der Waals surface area contributed by atoms with E-state index in [2.05, 4.69) is 20.2 Å². The second-order valence-electron chi connectivity index (χ2n) is 5.35. The zero-order valence-electron chi connectivity index (χ0n) is 11.7. The highest BCUT2D eigenvalue weighted by Crippen LogP contribution is 2.35. The Balaban J connectivity index is 1.75. The number of fused-ring (bicyclic) bond motifs is 1. The summed E-state index contributed by atoms with van der Waals surface area (Å²) in [5, 5.41) is 6.29. The lowest BCUT2D eigenvalue weighted by molar-refractivity contribution is 0.386. The fourth-order valence-corrected chi connectivity index (χ4v) is 4.52. The Kier molecular flexibility index (Phi) is 3.02. The van der Waals surface area contributed by atoms with Gasteiger partial charge in [0.05, 0.1) is 23.3 Å². The van der Waals surface area contributed by atoms with Crippen molar-refractivity contribution in [1.29, 1.82) is 0 Å². The van der Waals surface area contributed by atoms with E-state index in [1.807, 2.05) is 24.3 Å². The molecule has 0 saturated carbocycles. The van der Waals surface area contributed by atoms with Crippen LogP contribution < -0.4 is 0 Å². The van der Waals surface area contributed by atoms with E-state index >= 15 is 0 Å². The highest BCUT2D eigenvalue weighted by molar-refractivity contribution is 7.89. The van der Waals surface area contributed by atoms with Crippen molar-refractivity contribution in [2.24, 2.45) is 0 Å². The van der Waals surface area contributed by atoms with Gasteiger partial charge in [0, 0.05) is 12.7 Å². The molecule has 1 aromatic carbocycles. The zero-order valence-corrected chi connectivity index (χ0v) is 12.5. The van der Waals surface area contributed by atoms with Gasteiger partial charge in [-0.2, -0.15) is 9.40 Å². The number of hydrogen-bond acceptors (Lipinski definition) is 4. The van der Waals surface area contributed by atoms with Gasteiger partial charge in [-0.15, -0.1) is 0 Å². The Morgan fingerprint density at radius 3 is 2.91 bits per heavy atom. The Hall–Kier alpha value is -2.19. The van der Waals surface area contributed by atoms with Gasteiger partial charge in [-0.05, 0) is 25.0 Å². The highest BCUT2D eigenvalue weighted by atomic mass is 32.2. The number of hydrogen-bond donors (Lipinski definition) is 2. The molecule has 1 saturated heterocycles. The molecule has 2 N–H and O–H groups in total. The van der Waals surface area contributed by atoms with Gasteiger partial charge in [-0.25, -0.2) is 13.4 Å². The summed E-state index contributed by atoms with van der Waals surface area (Å²) in [6, 6.07) is 7.45. The lowest BCUT2D eigenvalue weighted by Crippen LogP contribution is -2.31. The first-order chi connectivity index (χ1) is 10.7. The average Bonchev–Trinajstić information content (AvgIpc) is 3.25. The smallest absolute Gasteiger partial charge is 0.246 e. The number of aromatic nitrogens is 4. The third kappa shape index (κ3) is 2.03. The van der Waals surface area contributed by atoms with Crippen molar-refractivity contribution in [3.63, 3.8) is 0 Å². The molecule has 0 spiro atoms. The van der Waals surface area contributed by atoms with Gasteiger partial charge in [-0.1, -0.05) is 12.1 Å². The first-order valence-corrected chi connectivity index (χ1v) is 8.55. The predicted octanol–water partition coefficient (Wildman–Crippen LogP) is 1.81. The number of para-hydroxylation sites is 2. The summed E-state index contributed by atoms with van der Waals surface area (Å²) in [5.74, 6) is 0.700. The SMILES string of the molecule is O=S(=O)(c1cn[nH]c1)N1CCC[C@H]1c1nc2ccccc2[nH]1. The van der Waals surface area contributed by atoms with E-state index in [1.165, 1.54) is 16.7 Å². The first kappa shape index (κ1) is 13.5. The number of aromatic amines is 2. The number of nitrogens with zero attached hydrogens (tertiary/aromatic N) is 3. The third-order valence-electron chi connectivity index (χ3n) is 4.01. The van der Waals surface area contributed by atoms with Crippen LogP contribution in [0.15, 0.2) is 41.6 Å². The highest BCUT2D eigenvalue weighted by Gasteiger charge is 2.38. The Bertz CT molecular complexity index is 867. The Labute approximate surface area is 127 Å². The topological polar surface area (TPSA) is 94.7 Å². The van der Waals surface area contributed by atoms with Crippen LogP contribution in [0.25, 0.3) is 11.0 Å². The monoisotopic (exact) mass is 317 g/mol. The summed E-state index contributed by atoms with van der Waals surface area (Å²) >= 11 is 0. The van der Waals surface area contributed by atoms with E-state index in [4.69, 9.17) is 0 Å². The summed E-state index contributed by atoms with van der Waals surface area (Å²) in [4.78, 5) is 7.99. The van der Waals surface area contributed by atoms with E-state index in [1.54, 1.807) is 0 Å². The van der Waals surface area contributed by atoms with Crippen LogP contribution in [0.2, 0.25) is 0 Å². The van der Waals surface area contributed by atoms with E-state index in [0.717, 1.165) is 23.9 Å². The molecular weight excluding hydrogens is 302 g/mol. The fourth-order valence-electron chi connectivity index (χ4n) is 2.95. The molecule has 1 fully saturated rings. The first-order valence-electron chi connectivity index (χ1n) is 7.11. The van der Waals surface area contributed by atoms with Crippen molar-refractivity contribution in [1.82, 2.24) is 24.5 Å². The van der Waals surface area contributed by atoms with E-state index in [-0.39, 0.29) is 10.9 Å². The number of imidazole rings is 1. The Morgan fingerprint density at radius 1 is 1.27 bits per heavy atom.